The SMILES string of the molecule is CNC1CCCC(CNC(=O)CCCCC(=O)O)C1. The number of carboxylic acids is 1. The molecule has 5 heteroatoms. The number of carbonyl (C=O) groups excluding carboxylic acids is 1. The first-order chi connectivity index (χ1) is 9.11. The number of amides is 1. The maximum absolute atomic E-state index is 11.6. The summed E-state index contributed by atoms with van der Waals surface area (Å²) in [7, 11) is 1.99. The minimum absolute atomic E-state index is 0.0527. The van der Waals surface area contributed by atoms with Crippen LogP contribution in [0.5, 0.6) is 0 Å². The molecule has 1 saturated carbocycles. The van der Waals surface area contributed by atoms with Crippen molar-refractivity contribution in [3.05, 3.63) is 0 Å². The smallest absolute Gasteiger partial charge is 0.303 e. The van der Waals surface area contributed by atoms with Crippen LogP contribution >= 0.6 is 0 Å². The number of nitrogens with one attached hydrogen (secondary N) is 2. The van der Waals surface area contributed by atoms with Crippen LogP contribution in [0.1, 0.15) is 51.4 Å². The third-order valence-corrected chi connectivity index (χ3v) is 3.82. The van der Waals surface area contributed by atoms with Crippen LogP contribution in [-0.4, -0.2) is 36.6 Å². The Bertz CT molecular complexity index is 294. The topological polar surface area (TPSA) is 78.4 Å². The highest BCUT2D eigenvalue weighted by Gasteiger charge is 2.20. The molecule has 3 N–H and O–H groups in total. The molecule has 2 unspecified atom stereocenters. The van der Waals surface area contributed by atoms with E-state index >= 15 is 0 Å². The van der Waals surface area contributed by atoms with Gasteiger partial charge in [-0.1, -0.05) is 6.42 Å². The monoisotopic (exact) mass is 270 g/mol. The summed E-state index contributed by atoms with van der Waals surface area (Å²) in [6, 6.07) is 0.589. The Morgan fingerprint density at radius 3 is 2.63 bits per heavy atom. The van der Waals surface area contributed by atoms with E-state index in [-0.39, 0.29) is 12.3 Å². The molecule has 0 heterocycles. The van der Waals surface area contributed by atoms with Crippen molar-refractivity contribution in [2.45, 2.75) is 57.4 Å². The van der Waals surface area contributed by atoms with Crippen molar-refractivity contribution in [3.8, 4) is 0 Å². The second-order valence-corrected chi connectivity index (χ2v) is 5.42. The van der Waals surface area contributed by atoms with Crippen LogP contribution in [0.4, 0.5) is 0 Å². The predicted molar refractivity (Wildman–Crippen MR) is 73.9 cm³/mol. The second-order valence-electron chi connectivity index (χ2n) is 5.42. The van der Waals surface area contributed by atoms with Crippen molar-refractivity contribution in [1.82, 2.24) is 10.6 Å². The van der Waals surface area contributed by atoms with E-state index in [0.717, 1.165) is 13.0 Å². The second kappa shape index (κ2) is 8.91. The first-order valence-corrected chi connectivity index (χ1v) is 7.27. The zero-order valence-corrected chi connectivity index (χ0v) is 11.8. The lowest BCUT2D eigenvalue weighted by Gasteiger charge is -2.28. The summed E-state index contributed by atoms with van der Waals surface area (Å²) in [5, 5.41) is 14.8. The lowest BCUT2D eigenvalue weighted by Crippen LogP contribution is -2.37. The van der Waals surface area contributed by atoms with Gasteiger partial charge in [-0.2, -0.15) is 0 Å². The number of rotatable bonds is 8. The van der Waals surface area contributed by atoms with Crippen molar-refractivity contribution in [2.75, 3.05) is 13.6 Å². The summed E-state index contributed by atoms with van der Waals surface area (Å²) in [6.07, 6.45) is 6.61. The minimum Gasteiger partial charge on any atom is -0.481 e. The molecule has 0 aromatic heterocycles. The third kappa shape index (κ3) is 7.15. The highest BCUT2D eigenvalue weighted by Crippen LogP contribution is 2.23. The average Bonchev–Trinajstić information content (AvgIpc) is 2.41. The number of carbonyl (C=O) groups is 2. The van der Waals surface area contributed by atoms with E-state index in [1.165, 1.54) is 19.3 Å². The van der Waals surface area contributed by atoms with Crippen LogP contribution in [0.25, 0.3) is 0 Å². The van der Waals surface area contributed by atoms with Crippen LogP contribution in [-0.2, 0) is 9.59 Å². The summed E-state index contributed by atoms with van der Waals surface area (Å²) < 4.78 is 0. The minimum atomic E-state index is -0.791. The van der Waals surface area contributed by atoms with Gasteiger partial charge in [-0.25, -0.2) is 0 Å². The summed E-state index contributed by atoms with van der Waals surface area (Å²) in [5.41, 5.74) is 0. The molecule has 1 aliphatic carbocycles. The third-order valence-electron chi connectivity index (χ3n) is 3.82. The molecule has 5 nitrogen and oxygen atoms in total. The van der Waals surface area contributed by atoms with Gasteiger partial charge in [0.05, 0.1) is 0 Å². The fourth-order valence-corrected chi connectivity index (χ4v) is 2.65. The normalized spacial score (nSPS) is 23.0. The maximum atomic E-state index is 11.6. The van der Waals surface area contributed by atoms with E-state index in [0.29, 0.717) is 31.2 Å². The molecule has 0 radical (unpaired) electrons. The van der Waals surface area contributed by atoms with Gasteiger partial charge in [-0.3, -0.25) is 9.59 Å². The van der Waals surface area contributed by atoms with E-state index in [4.69, 9.17) is 5.11 Å². The molecule has 0 aromatic rings. The summed E-state index contributed by atoms with van der Waals surface area (Å²) in [4.78, 5) is 21.9. The molecule has 110 valence electrons. The van der Waals surface area contributed by atoms with Crippen molar-refractivity contribution in [2.24, 2.45) is 5.92 Å². The molecule has 2 atom stereocenters. The summed E-state index contributed by atoms with van der Waals surface area (Å²) >= 11 is 0. The van der Waals surface area contributed by atoms with Gasteiger partial charge >= 0.3 is 5.97 Å². The Balaban J connectivity index is 2.07. The zero-order chi connectivity index (χ0) is 14.1. The first-order valence-electron chi connectivity index (χ1n) is 7.27. The molecule has 1 amide bonds. The lowest BCUT2D eigenvalue weighted by molar-refractivity contribution is -0.137. The zero-order valence-electron chi connectivity index (χ0n) is 11.8. The molecule has 0 aliphatic heterocycles. The molecule has 0 bridgehead atoms. The largest absolute Gasteiger partial charge is 0.481 e. The average molecular weight is 270 g/mol. The van der Waals surface area contributed by atoms with Crippen molar-refractivity contribution in [1.29, 1.82) is 0 Å². The highest BCUT2D eigenvalue weighted by molar-refractivity contribution is 5.75. The predicted octanol–water partition coefficient (Wildman–Crippen LogP) is 1.53. The Morgan fingerprint density at radius 2 is 1.95 bits per heavy atom. The van der Waals surface area contributed by atoms with Gasteiger partial charge in [0.15, 0.2) is 0 Å². The lowest BCUT2D eigenvalue weighted by atomic mass is 9.86. The molecule has 19 heavy (non-hydrogen) atoms. The van der Waals surface area contributed by atoms with E-state index < -0.39 is 5.97 Å². The molecular weight excluding hydrogens is 244 g/mol. The first kappa shape index (κ1) is 16.0. The number of carboxylic acid groups (broad SMARTS) is 1. The van der Waals surface area contributed by atoms with Gasteiger partial charge in [-0.15, -0.1) is 0 Å². The molecule has 0 saturated heterocycles. The molecule has 1 aliphatic rings. The molecule has 0 aromatic carbocycles. The van der Waals surface area contributed by atoms with Crippen LogP contribution in [0.2, 0.25) is 0 Å². The highest BCUT2D eigenvalue weighted by atomic mass is 16.4. The van der Waals surface area contributed by atoms with Crippen molar-refractivity contribution in [3.63, 3.8) is 0 Å². The van der Waals surface area contributed by atoms with E-state index in [2.05, 4.69) is 10.6 Å². The van der Waals surface area contributed by atoms with Gasteiger partial charge in [0.2, 0.25) is 5.91 Å². The fraction of sp³-hybridized carbons (Fsp3) is 0.857. The van der Waals surface area contributed by atoms with Crippen molar-refractivity contribution < 1.29 is 14.7 Å². The van der Waals surface area contributed by atoms with Crippen LogP contribution in [0.15, 0.2) is 0 Å². The van der Waals surface area contributed by atoms with Crippen LogP contribution in [0.3, 0.4) is 0 Å². The maximum Gasteiger partial charge on any atom is 0.303 e. The Hall–Kier alpha value is -1.10. The standard InChI is InChI=1S/C14H26N2O3/c1-15-12-6-4-5-11(9-12)10-16-13(17)7-2-3-8-14(18)19/h11-12,15H,2-10H2,1H3,(H,16,17)(H,18,19). The van der Waals surface area contributed by atoms with E-state index in [9.17, 15) is 9.59 Å². The quantitative estimate of drug-likeness (QED) is 0.584. The Labute approximate surface area is 115 Å². The Morgan fingerprint density at radius 1 is 1.21 bits per heavy atom. The van der Waals surface area contributed by atoms with Gasteiger partial charge in [0.1, 0.15) is 0 Å². The van der Waals surface area contributed by atoms with Crippen molar-refractivity contribution >= 4 is 11.9 Å². The molecule has 0 spiro atoms. The van der Waals surface area contributed by atoms with Crippen LogP contribution < -0.4 is 10.6 Å². The number of unbranched alkanes of at least 4 members (excludes halogenated alkanes) is 1. The molecular formula is C14H26N2O3. The fourth-order valence-electron chi connectivity index (χ4n) is 2.65. The molecule has 1 rings (SSSR count). The van der Waals surface area contributed by atoms with Gasteiger partial charge in [0, 0.05) is 25.4 Å². The number of hydrogen-bond donors (Lipinski definition) is 3. The van der Waals surface area contributed by atoms with Gasteiger partial charge in [0.25, 0.3) is 0 Å². The van der Waals surface area contributed by atoms with E-state index in [1.54, 1.807) is 0 Å². The number of aliphatic carboxylic acids is 1. The summed E-state index contributed by atoms with van der Waals surface area (Å²) in [5.74, 6) is -0.160. The van der Waals surface area contributed by atoms with E-state index in [1.807, 2.05) is 7.05 Å². The van der Waals surface area contributed by atoms with Crippen LogP contribution in [0, 0.1) is 5.92 Å². The van der Waals surface area contributed by atoms with Gasteiger partial charge in [-0.05, 0) is 45.1 Å². The number of hydrogen-bond acceptors (Lipinski definition) is 3. The Kier molecular flexibility index (Phi) is 7.48. The summed E-state index contributed by atoms with van der Waals surface area (Å²) in [6.45, 7) is 0.760. The van der Waals surface area contributed by atoms with Gasteiger partial charge < -0.3 is 15.7 Å². The molecule has 1 fully saturated rings.